The molecule has 0 bridgehead atoms. The molecule has 0 fully saturated rings. The van der Waals surface area contributed by atoms with Crippen LogP contribution in [0.25, 0.3) is 16.5 Å². The van der Waals surface area contributed by atoms with Gasteiger partial charge in [-0.3, -0.25) is 9.59 Å². The van der Waals surface area contributed by atoms with Crippen LogP contribution < -0.4 is 29.6 Å². The first-order chi connectivity index (χ1) is 21.0. The Kier molecular flexibility index (Phi) is 7.88. The highest BCUT2D eigenvalue weighted by Gasteiger charge is 2.21. The maximum absolute atomic E-state index is 12.9. The number of benzene rings is 3. The standard InChI is InChI=1S/C32H28N4O7/c1-39-9-10-42-31-17-26-24(16-29(31)40-2)32(34-18-33-26)36-19-3-6-25(22(13-19)23-15-21(37)5-7-27(23)38)35-20-4-8-28-30(14-20)43-12-11-41-28/h3-8,13-18,35H,9-12H2,1-2H3,(H,33,34,36). The Morgan fingerprint density at radius 3 is 2.49 bits per heavy atom. The predicted octanol–water partition coefficient (Wildman–Crippen LogP) is 5.01. The van der Waals surface area contributed by atoms with Gasteiger partial charge < -0.3 is 34.3 Å². The Hall–Kier alpha value is -5.42. The highest BCUT2D eigenvalue weighted by molar-refractivity contribution is 6.34. The SMILES string of the molecule is COCCOc1cc2ncnc(Nc3ccc(Nc4ccc5c(c4)OCCO5)c(C4=CC(=O)C=CC4=O)c3)c2cc1OC. The van der Waals surface area contributed by atoms with Crippen LogP contribution in [0.1, 0.15) is 5.56 Å². The van der Waals surface area contributed by atoms with E-state index in [0.29, 0.717) is 83.1 Å². The number of carbonyl (C=O) groups is 2. The molecule has 2 N–H and O–H groups in total. The lowest BCUT2D eigenvalue weighted by Crippen LogP contribution is -2.15. The molecule has 2 heterocycles. The van der Waals surface area contributed by atoms with E-state index in [1.165, 1.54) is 24.6 Å². The third-order valence-corrected chi connectivity index (χ3v) is 6.81. The molecule has 0 saturated carbocycles. The van der Waals surface area contributed by atoms with Crippen molar-refractivity contribution in [3.63, 3.8) is 0 Å². The third kappa shape index (κ3) is 5.97. The number of methoxy groups -OCH3 is 2. The monoisotopic (exact) mass is 580 g/mol. The van der Waals surface area contributed by atoms with Crippen molar-refractivity contribution in [3.05, 3.63) is 78.6 Å². The van der Waals surface area contributed by atoms with Crippen LogP contribution in [0.4, 0.5) is 22.9 Å². The van der Waals surface area contributed by atoms with Gasteiger partial charge in [0.2, 0.25) is 0 Å². The number of rotatable bonds is 10. The predicted molar refractivity (Wildman–Crippen MR) is 161 cm³/mol. The number of allylic oxidation sites excluding steroid dienone is 4. The molecule has 0 saturated heterocycles. The van der Waals surface area contributed by atoms with E-state index >= 15 is 0 Å². The zero-order valence-electron chi connectivity index (χ0n) is 23.5. The number of hydrogen-bond acceptors (Lipinski definition) is 11. The molecule has 11 nitrogen and oxygen atoms in total. The first-order valence-corrected chi connectivity index (χ1v) is 13.5. The molecule has 3 aromatic carbocycles. The maximum atomic E-state index is 12.9. The van der Waals surface area contributed by atoms with Gasteiger partial charge in [0.25, 0.3) is 0 Å². The number of anilines is 4. The molecule has 11 heteroatoms. The summed E-state index contributed by atoms with van der Waals surface area (Å²) in [5, 5.41) is 7.39. The van der Waals surface area contributed by atoms with E-state index in [4.69, 9.17) is 23.7 Å². The third-order valence-electron chi connectivity index (χ3n) is 6.81. The van der Waals surface area contributed by atoms with Crippen LogP contribution in [0.5, 0.6) is 23.0 Å². The van der Waals surface area contributed by atoms with Crippen LogP contribution in [-0.2, 0) is 14.3 Å². The molecule has 2 aliphatic rings. The Morgan fingerprint density at radius 1 is 0.837 bits per heavy atom. The van der Waals surface area contributed by atoms with Crippen LogP contribution in [0.2, 0.25) is 0 Å². The van der Waals surface area contributed by atoms with Crippen LogP contribution in [0.15, 0.2) is 73.1 Å². The second-order valence-corrected chi connectivity index (χ2v) is 9.61. The molecule has 1 aromatic heterocycles. The zero-order chi connectivity index (χ0) is 29.8. The Bertz CT molecular complexity index is 1780. The molecule has 43 heavy (non-hydrogen) atoms. The van der Waals surface area contributed by atoms with Gasteiger partial charge in [-0.1, -0.05) is 0 Å². The molecule has 0 unspecified atom stereocenters. The minimum absolute atomic E-state index is 0.267. The number of fused-ring (bicyclic) bond motifs is 2. The van der Waals surface area contributed by atoms with E-state index in [2.05, 4.69) is 20.6 Å². The number of carbonyl (C=O) groups excluding carboxylic acids is 2. The lowest BCUT2D eigenvalue weighted by Gasteiger charge is -2.20. The summed E-state index contributed by atoms with van der Waals surface area (Å²) in [5.41, 5.74) is 3.43. The van der Waals surface area contributed by atoms with Crippen LogP contribution in [-0.4, -0.2) is 62.2 Å². The average molecular weight is 581 g/mol. The maximum Gasteiger partial charge on any atom is 0.186 e. The van der Waals surface area contributed by atoms with E-state index in [1.807, 2.05) is 30.3 Å². The second-order valence-electron chi connectivity index (χ2n) is 9.61. The van der Waals surface area contributed by atoms with Gasteiger partial charge in [0, 0.05) is 52.8 Å². The van der Waals surface area contributed by atoms with Crippen molar-refractivity contribution < 1.29 is 33.3 Å². The van der Waals surface area contributed by atoms with E-state index in [9.17, 15) is 9.59 Å². The number of aromatic nitrogens is 2. The second kappa shape index (κ2) is 12.2. The van der Waals surface area contributed by atoms with Gasteiger partial charge in [0.1, 0.15) is 32.0 Å². The summed E-state index contributed by atoms with van der Waals surface area (Å²) in [6.45, 7) is 1.74. The molecule has 0 spiro atoms. The topological polar surface area (TPSA) is 130 Å². The first kappa shape index (κ1) is 27.7. The van der Waals surface area contributed by atoms with Crippen molar-refractivity contribution in [1.29, 1.82) is 0 Å². The Morgan fingerprint density at radius 2 is 1.65 bits per heavy atom. The molecule has 0 atom stereocenters. The van der Waals surface area contributed by atoms with Crippen molar-refractivity contribution in [2.24, 2.45) is 0 Å². The van der Waals surface area contributed by atoms with Gasteiger partial charge in [0.05, 0.1) is 19.2 Å². The van der Waals surface area contributed by atoms with Gasteiger partial charge in [0.15, 0.2) is 34.6 Å². The number of nitrogens with zero attached hydrogens (tertiary/aromatic N) is 2. The Balaban J connectivity index is 1.36. The number of nitrogens with one attached hydrogen (secondary N) is 2. The minimum Gasteiger partial charge on any atom is -0.493 e. The van der Waals surface area contributed by atoms with Crippen molar-refractivity contribution in [2.75, 3.05) is 51.3 Å². The fourth-order valence-corrected chi connectivity index (χ4v) is 4.76. The summed E-state index contributed by atoms with van der Waals surface area (Å²) in [7, 11) is 3.17. The highest BCUT2D eigenvalue weighted by atomic mass is 16.6. The number of ketones is 2. The molecule has 0 amide bonds. The van der Waals surface area contributed by atoms with Crippen molar-refractivity contribution in [2.45, 2.75) is 0 Å². The summed E-state index contributed by atoms with van der Waals surface area (Å²) >= 11 is 0. The molecule has 6 rings (SSSR count). The number of ether oxygens (including phenoxy) is 5. The van der Waals surface area contributed by atoms with Gasteiger partial charge in [-0.2, -0.15) is 0 Å². The summed E-state index contributed by atoms with van der Waals surface area (Å²) < 4.78 is 27.8. The average Bonchev–Trinajstić information content (AvgIpc) is 3.03. The van der Waals surface area contributed by atoms with Crippen molar-refractivity contribution >= 4 is 50.9 Å². The minimum atomic E-state index is -0.278. The van der Waals surface area contributed by atoms with Crippen LogP contribution in [0.3, 0.4) is 0 Å². The van der Waals surface area contributed by atoms with E-state index in [0.717, 1.165) is 5.69 Å². The molecule has 1 aliphatic heterocycles. The quantitative estimate of drug-likeness (QED) is 0.194. The van der Waals surface area contributed by atoms with E-state index in [-0.39, 0.29) is 17.1 Å². The van der Waals surface area contributed by atoms with E-state index < -0.39 is 0 Å². The summed E-state index contributed by atoms with van der Waals surface area (Å²) in [6, 6.07) is 14.6. The fraction of sp³-hybridized carbons (Fsp3) is 0.188. The summed E-state index contributed by atoms with van der Waals surface area (Å²) in [4.78, 5) is 34.1. The van der Waals surface area contributed by atoms with Crippen LogP contribution >= 0.6 is 0 Å². The van der Waals surface area contributed by atoms with E-state index in [1.54, 1.807) is 32.4 Å². The molecule has 4 aromatic rings. The van der Waals surface area contributed by atoms with Gasteiger partial charge in [-0.25, -0.2) is 9.97 Å². The highest BCUT2D eigenvalue weighted by Crippen LogP contribution is 2.38. The van der Waals surface area contributed by atoms with Crippen molar-refractivity contribution in [1.82, 2.24) is 9.97 Å². The normalized spacial score (nSPS) is 14.0. The van der Waals surface area contributed by atoms with Gasteiger partial charge >= 0.3 is 0 Å². The Labute approximate surface area is 247 Å². The van der Waals surface area contributed by atoms with Crippen molar-refractivity contribution in [3.8, 4) is 23.0 Å². The molecule has 0 radical (unpaired) electrons. The molecular formula is C32H28N4O7. The van der Waals surface area contributed by atoms with Gasteiger partial charge in [-0.15, -0.1) is 0 Å². The number of hydrogen-bond donors (Lipinski definition) is 2. The summed E-state index contributed by atoms with van der Waals surface area (Å²) in [6.07, 6.45) is 5.33. The zero-order valence-corrected chi connectivity index (χ0v) is 23.5. The molecule has 218 valence electrons. The molecular weight excluding hydrogens is 552 g/mol. The van der Waals surface area contributed by atoms with Crippen LogP contribution in [0, 0.1) is 0 Å². The van der Waals surface area contributed by atoms with Gasteiger partial charge in [-0.05, 0) is 54.6 Å². The smallest absolute Gasteiger partial charge is 0.186 e. The lowest BCUT2D eigenvalue weighted by molar-refractivity contribution is -0.113. The largest absolute Gasteiger partial charge is 0.493 e. The molecule has 1 aliphatic carbocycles. The first-order valence-electron chi connectivity index (χ1n) is 13.5. The summed E-state index contributed by atoms with van der Waals surface area (Å²) in [5.74, 6) is 2.32. The fourth-order valence-electron chi connectivity index (χ4n) is 4.76. The lowest BCUT2D eigenvalue weighted by atomic mass is 9.94.